The molecule has 0 aromatic rings. The fourth-order valence-electron chi connectivity index (χ4n) is 2.76. The lowest BCUT2D eigenvalue weighted by atomic mass is 9.81. The molecule has 2 rings (SSSR count). The Morgan fingerprint density at radius 3 is 2.80 bits per heavy atom. The van der Waals surface area contributed by atoms with E-state index in [9.17, 15) is 4.79 Å². The normalized spacial score (nSPS) is 30.4. The van der Waals surface area contributed by atoms with Gasteiger partial charge in [0.05, 0.1) is 0 Å². The Labute approximate surface area is 91.7 Å². The lowest BCUT2D eigenvalue weighted by Crippen LogP contribution is -2.28. The summed E-state index contributed by atoms with van der Waals surface area (Å²) in [5.41, 5.74) is 2.05. The number of ether oxygens (including phenoxy) is 1. The molecule has 2 heteroatoms. The van der Waals surface area contributed by atoms with Crippen molar-refractivity contribution in [2.45, 2.75) is 64.4 Å². The average molecular weight is 208 g/mol. The highest BCUT2D eigenvalue weighted by atomic mass is 16.6. The standard InChI is InChI=1S/C13H20O2/c1-3-4-9-13(2)11-8-6-5-7-10(11)12(14)15-13/h3-9H2,1-2H3. The van der Waals surface area contributed by atoms with Gasteiger partial charge in [-0.25, -0.2) is 4.79 Å². The van der Waals surface area contributed by atoms with E-state index in [1.807, 2.05) is 0 Å². The van der Waals surface area contributed by atoms with Crippen molar-refractivity contribution in [2.24, 2.45) is 0 Å². The summed E-state index contributed by atoms with van der Waals surface area (Å²) in [6.07, 6.45) is 7.68. The molecule has 0 bridgehead atoms. The molecule has 0 N–H and O–H groups in total. The molecule has 1 heterocycles. The van der Waals surface area contributed by atoms with Gasteiger partial charge in [-0.05, 0) is 51.0 Å². The van der Waals surface area contributed by atoms with E-state index in [1.54, 1.807) is 0 Å². The number of hydrogen-bond acceptors (Lipinski definition) is 2. The van der Waals surface area contributed by atoms with Crippen molar-refractivity contribution >= 4 is 5.97 Å². The Morgan fingerprint density at radius 2 is 2.07 bits per heavy atom. The maximum absolute atomic E-state index is 11.7. The molecule has 0 spiro atoms. The van der Waals surface area contributed by atoms with Gasteiger partial charge in [0.15, 0.2) is 0 Å². The first kappa shape index (κ1) is 10.7. The fraction of sp³-hybridized carbons (Fsp3) is 0.769. The van der Waals surface area contributed by atoms with Crippen molar-refractivity contribution in [1.29, 1.82) is 0 Å². The first-order chi connectivity index (χ1) is 7.17. The van der Waals surface area contributed by atoms with E-state index < -0.39 is 0 Å². The van der Waals surface area contributed by atoms with E-state index in [-0.39, 0.29) is 11.6 Å². The second kappa shape index (κ2) is 3.99. The highest BCUT2D eigenvalue weighted by Gasteiger charge is 2.43. The number of cyclic esters (lactones) is 1. The van der Waals surface area contributed by atoms with Crippen LogP contribution in [0.15, 0.2) is 11.1 Å². The maximum Gasteiger partial charge on any atom is 0.334 e. The molecule has 1 atom stereocenters. The van der Waals surface area contributed by atoms with Gasteiger partial charge in [-0.2, -0.15) is 0 Å². The molecule has 2 aliphatic rings. The zero-order chi connectivity index (χ0) is 10.9. The molecule has 84 valence electrons. The van der Waals surface area contributed by atoms with Crippen LogP contribution in [-0.2, 0) is 9.53 Å². The lowest BCUT2D eigenvalue weighted by molar-refractivity contribution is -0.146. The second-order valence-electron chi connectivity index (χ2n) is 4.89. The molecule has 1 aliphatic carbocycles. The van der Waals surface area contributed by atoms with Gasteiger partial charge in [0.25, 0.3) is 0 Å². The summed E-state index contributed by atoms with van der Waals surface area (Å²) < 4.78 is 5.58. The summed E-state index contributed by atoms with van der Waals surface area (Å²) in [6, 6.07) is 0. The van der Waals surface area contributed by atoms with Gasteiger partial charge in [0, 0.05) is 5.57 Å². The summed E-state index contributed by atoms with van der Waals surface area (Å²) in [5.74, 6) is -0.0386. The van der Waals surface area contributed by atoms with Crippen LogP contribution in [0.5, 0.6) is 0 Å². The summed E-state index contributed by atoms with van der Waals surface area (Å²) in [4.78, 5) is 11.7. The van der Waals surface area contributed by atoms with Gasteiger partial charge in [0.1, 0.15) is 5.60 Å². The largest absolute Gasteiger partial charge is 0.451 e. The molecular formula is C13H20O2. The van der Waals surface area contributed by atoms with Crippen molar-refractivity contribution in [1.82, 2.24) is 0 Å². The minimum Gasteiger partial charge on any atom is -0.451 e. The molecule has 0 saturated heterocycles. The molecule has 0 aromatic heterocycles. The SMILES string of the molecule is CCCCC1(C)OC(=O)C2=C1CCCC2. The molecule has 0 aromatic carbocycles. The topological polar surface area (TPSA) is 26.3 Å². The molecule has 1 unspecified atom stereocenters. The van der Waals surface area contributed by atoms with Gasteiger partial charge in [-0.3, -0.25) is 0 Å². The fourth-order valence-corrected chi connectivity index (χ4v) is 2.76. The van der Waals surface area contributed by atoms with Crippen LogP contribution in [0.4, 0.5) is 0 Å². The van der Waals surface area contributed by atoms with Crippen LogP contribution >= 0.6 is 0 Å². The van der Waals surface area contributed by atoms with Crippen LogP contribution in [0.3, 0.4) is 0 Å². The molecule has 0 saturated carbocycles. The average Bonchev–Trinajstić information content (AvgIpc) is 2.50. The van der Waals surface area contributed by atoms with Gasteiger partial charge in [-0.1, -0.05) is 13.3 Å². The van der Waals surface area contributed by atoms with Crippen LogP contribution in [-0.4, -0.2) is 11.6 Å². The van der Waals surface area contributed by atoms with Crippen LogP contribution in [0.25, 0.3) is 0 Å². The third-order valence-corrected chi connectivity index (χ3v) is 3.68. The van der Waals surface area contributed by atoms with E-state index in [4.69, 9.17) is 4.74 Å². The minimum absolute atomic E-state index is 0.0386. The molecule has 15 heavy (non-hydrogen) atoms. The Kier molecular flexibility index (Phi) is 2.85. The Morgan fingerprint density at radius 1 is 1.33 bits per heavy atom. The van der Waals surface area contributed by atoms with Crippen molar-refractivity contribution in [3.63, 3.8) is 0 Å². The number of carbonyl (C=O) groups is 1. The van der Waals surface area contributed by atoms with E-state index in [1.165, 1.54) is 12.0 Å². The Balaban J connectivity index is 2.20. The third kappa shape index (κ3) is 1.82. The van der Waals surface area contributed by atoms with E-state index in [0.717, 1.165) is 44.1 Å². The van der Waals surface area contributed by atoms with Gasteiger partial charge >= 0.3 is 5.97 Å². The second-order valence-corrected chi connectivity index (χ2v) is 4.89. The summed E-state index contributed by atoms with van der Waals surface area (Å²) >= 11 is 0. The number of hydrogen-bond donors (Lipinski definition) is 0. The highest BCUT2D eigenvalue weighted by molar-refractivity contribution is 5.93. The van der Waals surface area contributed by atoms with Crippen LogP contribution in [0.2, 0.25) is 0 Å². The lowest BCUT2D eigenvalue weighted by Gasteiger charge is -2.27. The first-order valence-corrected chi connectivity index (χ1v) is 6.13. The molecule has 2 nitrogen and oxygen atoms in total. The molecule has 0 fully saturated rings. The van der Waals surface area contributed by atoms with Crippen molar-refractivity contribution in [3.05, 3.63) is 11.1 Å². The highest BCUT2D eigenvalue weighted by Crippen LogP contribution is 2.43. The van der Waals surface area contributed by atoms with Gasteiger partial charge < -0.3 is 4.74 Å². The Bertz CT molecular complexity index is 304. The zero-order valence-electron chi connectivity index (χ0n) is 9.77. The molecule has 0 radical (unpaired) electrons. The van der Waals surface area contributed by atoms with Gasteiger partial charge in [0.2, 0.25) is 0 Å². The van der Waals surface area contributed by atoms with E-state index in [0.29, 0.717) is 0 Å². The first-order valence-electron chi connectivity index (χ1n) is 6.13. The predicted molar refractivity (Wildman–Crippen MR) is 59.5 cm³/mol. The smallest absolute Gasteiger partial charge is 0.334 e. The van der Waals surface area contributed by atoms with Crippen molar-refractivity contribution in [3.8, 4) is 0 Å². The van der Waals surface area contributed by atoms with Crippen LogP contribution in [0, 0.1) is 0 Å². The third-order valence-electron chi connectivity index (χ3n) is 3.68. The van der Waals surface area contributed by atoms with E-state index in [2.05, 4.69) is 13.8 Å². The van der Waals surface area contributed by atoms with Crippen LogP contribution in [0.1, 0.15) is 58.8 Å². The van der Waals surface area contributed by atoms with Crippen molar-refractivity contribution in [2.75, 3.05) is 0 Å². The summed E-state index contributed by atoms with van der Waals surface area (Å²) in [7, 11) is 0. The van der Waals surface area contributed by atoms with E-state index >= 15 is 0 Å². The quantitative estimate of drug-likeness (QED) is 0.665. The summed E-state index contributed by atoms with van der Waals surface area (Å²) in [5, 5.41) is 0. The van der Waals surface area contributed by atoms with Crippen LogP contribution < -0.4 is 0 Å². The number of rotatable bonds is 3. The minimum atomic E-state index is -0.261. The number of unbranched alkanes of at least 4 members (excludes halogenated alkanes) is 1. The predicted octanol–water partition coefficient (Wildman–Crippen LogP) is 3.36. The number of esters is 1. The van der Waals surface area contributed by atoms with Gasteiger partial charge in [-0.15, -0.1) is 0 Å². The number of carbonyl (C=O) groups excluding carboxylic acids is 1. The maximum atomic E-state index is 11.7. The monoisotopic (exact) mass is 208 g/mol. The zero-order valence-corrected chi connectivity index (χ0v) is 9.77. The molecule has 1 aliphatic heterocycles. The molecular weight excluding hydrogens is 188 g/mol. The molecule has 0 amide bonds. The Hall–Kier alpha value is -0.790. The summed E-state index contributed by atoms with van der Waals surface area (Å²) in [6.45, 7) is 4.27. The van der Waals surface area contributed by atoms with Crippen molar-refractivity contribution < 1.29 is 9.53 Å².